The molecule has 0 atom stereocenters. The van der Waals surface area contributed by atoms with Gasteiger partial charge in [0.1, 0.15) is 33.1 Å². The molecule has 2 aliphatic rings. The zero-order valence-corrected chi connectivity index (χ0v) is 49.1. The van der Waals surface area contributed by atoms with Gasteiger partial charge in [0.2, 0.25) is 0 Å². The second-order valence-corrected chi connectivity index (χ2v) is 23.4. The molecule has 80 heavy (non-hydrogen) atoms. The van der Waals surface area contributed by atoms with E-state index in [1.165, 1.54) is 33.3 Å². The van der Waals surface area contributed by atoms with Crippen molar-refractivity contribution >= 4 is 51.4 Å². The number of nitrogens with zero attached hydrogens (tertiary/aromatic N) is 12. The van der Waals surface area contributed by atoms with Crippen molar-refractivity contribution in [1.82, 2.24) is 49.5 Å². The summed E-state index contributed by atoms with van der Waals surface area (Å²) < 4.78 is 45.7. The second kappa shape index (κ2) is 24.5. The molecule has 2 aliphatic carbocycles. The summed E-state index contributed by atoms with van der Waals surface area (Å²) >= 11 is 9.15. The number of hydrogen-bond acceptors (Lipinski definition) is 12. The molecule has 8 aromatic rings. The maximum atomic E-state index is 14.8. The number of halogens is 4. The molecule has 8 aromatic heterocycles. The normalized spacial score (nSPS) is 14.2. The van der Waals surface area contributed by atoms with Crippen molar-refractivity contribution in [3.05, 3.63) is 177 Å². The summed E-state index contributed by atoms with van der Waals surface area (Å²) in [7, 11) is 0. The third-order valence-electron chi connectivity index (χ3n) is 13.9. The van der Waals surface area contributed by atoms with E-state index >= 15 is 0 Å². The van der Waals surface area contributed by atoms with Crippen LogP contribution in [0, 0.1) is 39.3 Å². The van der Waals surface area contributed by atoms with Gasteiger partial charge in [-0.3, -0.25) is 24.8 Å². The first-order chi connectivity index (χ1) is 37.9. The average Bonchev–Trinajstić information content (AvgIpc) is 3.94. The van der Waals surface area contributed by atoms with Gasteiger partial charge in [-0.15, -0.1) is 20.4 Å². The van der Waals surface area contributed by atoms with E-state index in [-0.39, 0.29) is 29.9 Å². The highest BCUT2D eigenvalue weighted by atomic mass is 79.9. The summed E-state index contributed by atoms with van der Waals surface area (Å²) in [6.07, 6.45) is 10.4. The number of pyridine rings is 4. The lowest BCUT2D eigenvalue weighted by Gasteiger charge is -2.44. The Labute approximate surface area is 479 Å². The smallest absolute Gasteiger partial charge is 0.416 e. The van der Waals surface area contributed by atoms with E-state index in [2.05, 4.69) is 123 Å². The first-order valence-electron chi connectivity index (χ1n) is 26.4. The van der Waals surface area contributed by atoms with Gasteiger partial charge in [0.25, 0.3) is 0 Å². The Morgan fingerprint density at radius 2 is 0.988 bits per heavy atom. The number of carbonyl (C=O) groups is 2. The summed E-state index contributed by atoms with van der Waals surface area (Å²) in [5.41, 5.74) is 6.16. The summed E-state index contributed by atoms with van der Waals surface area (Å²) in [6.45, 7) is 19.5. The summed E-state index contributed by atoms with van der Waals surface area (Å²) in [5.74, 6) is -0.117. The minimum Gasteiger partial charge on any atom is -0.443 e. The third-order valence-corrected chi connectivity index (χ3v) is 14.6. The van der Waals surface area contributed by atoms with Crippen LogP contribution >= 0.6 is 27.5 Å². The van der Waals surface area contributed by atoms with Crippen LogP contribution < -0.4 is 9.80 Å². The molecule has 0 unspecified atom stereocenters. The molecule has 0 bridgehead atoms. The molecule has 0 aliphatic heterocycles. The van der Waals surface area contributed by atoms with Gasteiger partial charge in [-0.1, -0.05) is 24.4 Å². The van der Waals surface area contributed by atoms with Gasteiger partial charge in [0.15, 0.2) is 16.8 Å². The highest BCUT2D eigenvalue weighted by molar-refractivity contribution is 9.10. The largest absolute Gasteiger partial charge is 0.443 e. The van der Waals surface area contributed by atoms with Crippen LogP contribution in [0.2, 0.25) is 5.15 Å². The van der Waals surface area contributed by atoms with Crippen LogP contribution in [-0.4, -0.2) is 85.9 Å². The molecule has 2 amide bonds. The maximum absolute atomic E-state index is 14.8. The van der Waals surface area contributed by atoms with Gasteiger partial charge in [-0.25, -0.2) is 23.4 Å². The van der Waals surface area contributed by atoms with E-state index in [0.29, 0.717) is 47.3 Å². The zero-order valence-electron chi connectivity index (χ0n) is 46.7. The first kappa shape index (κ1) is 58.6. The zero-order chi connectivity index (χ0) is 57.6. The highest BCUT2D eigenvalue weighted by Gasteiger charge is 2.47. The van der Waals surface area contributed by atoms with Gasteiger partial charge in [0.05, 0.1) is 40.9 Å². The van der Waals surface area contributed by atoms with Crippen molar-refractivity contribution in [2.75, 3.05) is 22.9 Å². The minimum atomic E-state index is -0.714. The number of amides is 2. The second-order valence-electron chi connectivity index (χ2n) is 22.2. The van der Waals surface area contributed by atoms with Crippen LogP contribution in [0.25, 0.3) is 22.8 Å². The van der Waals surface area contributed by atoms with Gasteiger partial charge in [-0.2, -0.15) is 0 Å². The van der Waals surface area contributed by atoms with Gasteiger partial charge < -0.3 is 18.6 Å². The van der Waals surface area contributed by atoms with Crippen molar-refractivity contribution < 1.29 is 27.8 Å². The molecule has 0 radical (unpaired) electrons. The van der Waals surface area contributed by atoms with Crippen molar-refractivity contribution in [2.24, 2.45) is 0 Å². The Balaban J connectivity index is 0.000000176. The van der Waals surface area contributed by atoms with Crippen LogP contribution in [0.3, 0.4) is 0 Å². The predicted molar refractivity (Wildman–Crippen MR) is 308 cm³/mol. The van der Waals surface area contributed by atoms with E-state index in [0.717, 1.165) is 53.0 Å². The fourth-order valence-corrected chi connectivity index (χ4v) is 10.1. The molecule has 10 rings (SSSR count). The Morgan fingerprint density at radius 1 is 0.562 bits per heavy atom. The minimum absolute atomic E-state index is 0.187. The molecule has 0 N–H and O–H groups in total. The molecule has 16 nitrogen and oxygen atoms in total. The van der Waals surface area contributed by atoms with E-state index in [1.807, 2.05) is 24.4 Å². The number of carbonyl (C=O) groups excluding carboxylic acids is 2. The number of anilines is 2. The highest BCUT2D eigenvalue weighted by Crippen LogP contribution is 2.46. The SMILES string of the molecule is CC(C)(C)OC(=O)N(CC1(c2ncccc2F)CCC1)c1ccc(Cl)nn1.Cc1ccc(C)n1-c1ccc(-c2ccc(N(CC3(c4ncccc4F)CCC3)C(=O)OC(C)(C)C)nn2)nc1.Cc1ccc(C)n1-c1ccc(Br)nc1. The van der Waals surface area contributed by atoms with Gasteiger partial charge in [0, 0.05) is 59.1 Å². The number of aromatic nitrogens is 10. The molecule has 2 fully saturated rings. The van der Waals surface area contributed by atoms with Crippen LogP contribution in [0.1, 0.15) is 114 Å². The van der Waals surface area contributed by atoms with Gasteiger partial charge >= 0.3 is 12.2 Å². The van der Waals surface area contributed by atoms with E-state index in [1.54, 1.807) is 96.5 Å². The lowest BCUT2D eigenvalue weighted by Crippen LogP contribution is -2.50. The monoisotopic (exact) mass is 1170 g/mol. The van der Waals surface area contributed by atoms with Crippen molar-refractivity contribution in [3.63, 3.8) is 0 Å². The average molecular weight is 1170 g/mol. The first-order valence-corrected chi connectivity index (χ1v) is 27.6. The van der Waals surface area contributed by atoms with Gasteiger partial charge in [-0.05, 0) is 208 Å². The number of ether oxygens (including phenoxy) is 2. The molecular weight excluding hydrogens is 1110 g/mol. The fraction of sp³-hybridized carbons (Fsp3) is 0.367. The van der Waals surface area contributed by atoms with Crippen LogP contribution in [-0.2, 0) is 20.3 Å². The van der Waals surface area contributed by atoms with E-state index < -0.39 is 34.2 Å². The summed E-state index contributed by atoms with van der Waals surface area (Å²) in [4.78, 5) is 46.5. The Kier molecular flexibility index (Phi) is 17.9. The van der Waals surface area contributed by atoms with Crippen LogP contribution in [0.5, 0.6) is 0 Å². The number of aryl methyl sites for hydroxylation is 4. The van der Waals surface area contributed by atoms with E-state index in [9.17, 15) is 18.4 Å². The lowest BCUT2D eigenvalue weighted by atomic mass is 9.66. The number of hydrogen-bond donors (Lipinski definition) is 0. The molecule has 0 saturated heterocycles. The van der Waals surface area contributed by atoms with Crippen molar-refractivity contribution in [1.29, 1.82) is 0 Å². The van der Waals surface area contributed by atoms with E-state index in [4.69, 9.17) is 21.1 Å². The predicted octanol–water partition coefficient (Wildman–Crippen LogP) is 14.1. The van der Waals surface area contributed by atoms with Crippen molar-refractivity contribution in [2.45, 2.75) is 130 Å². The quantitative estimate of drug-likeness (QED) is 0.112. The summed E-state index contributed by atoms with van der Waals surface area (Å²) in [6, 6.07) is 28.8. The summed E-state index contributed by atoms with van der Waals surface area (Å²) in [5, 5.41) is 16.8. The molecule has 8 heterocycles. The molecular formula is C60H66BrClF2N12O4. The van der Waals surface area contributed by atoms with Crippen LogP contribution in [0.4, 0.5) is 30.0 Å². The van der Waals surface area contributed by atoms with Crippen LogP contribution in [0.15, 0.2) is 126 Å². The Bertz CT molecular complexity index is 3370. The van der Waals surface area contributed by atoms with Crippen molar-refractivity contribution in [3.8, 4) is 22.8 Å². The lowest BCUT2D eigenvalue weighted by molar-refractivity contribution is 0.0547. The third kappa shape index (κ3) is 13.9. The molecule has 20 heteroatoms. The Morgan fingerprint density at radius 3 is 1.32 bits per heavy atom. The molecule has 418 valence electrons. The number of rotatable bonds is 11. The molecule has 2 saturated carbocycles. The molecule has 0 aromatic carbocycles. The maximum Gasteiger partial charge on any atom is 0.416 e. The Hall–Kier alpha value is -7.51. The topological polar surface area (TPSA) is 172 Å². The standard InChI is InChI=1S/C30H33FN6O2.C19H22ClFN4O2.C11H11BrN2/c1-20-9-10-21(2)37(20)22-11-12-24(33-18-22)25-13-14-26(35-34-25)36(28(38)39-29(3,4)5)19-30(15-7-16-30)27-23(31)8-6-17-32-27;1-18(2,3)27-17(26)25(15-8-7-14(20)23-24-15)12-19(9-5-10-19)16-13(21)6-4-11-22-16;1-8-3-4-9(2)14(8)10-5-6-11(12)13-7-10/h6,8-14,17-18H,7,15-16,19H2,1-5H3;4,6-8,11H,5,9-10,12H2,1-3H3;3-7H,1-2H3. The fourth-order valence-electron chi connectivity index (χ4n) is 9.80. The molecule has 0 spiro atoms.